The molecule has 0 radical (unpaired) electrons. The van der Waals surface area contributed by atoms with Gasteiger partial charge in [-0.25, -0.2) is 0 Å². The van der Waals surface area contributed by atoms with E-state index in [1.165, 1.54) is 79.5 Å². The molecule has 3 aliphatic heterocycles. The topological polar surface area (TPSA) is 73.0 Å². The zero-order valence-electron chi connectivity index (χ0n) is 35.5. The number of benzene rings is 4. The molecule has 0 unspecified atom stereocenters. The lowest BCUT2D eigenvalue weighted by atomic mass is 9.69. The molecular weight excluding hydrogens is 759 g/mol. The van der Waals surface area contributed by atoms with E-state index in [4.69, 9.17) is 4.99 Å². The van der Waals surface area contributed by atoms with Gasteiger partial charge in [0.25, 0.3) is 0 Å². The van der Waals surface area contributed by atoms with Crippen molar-refractivity contribution >= 4 is 22.7 Å². The summed E-state index contributed by atoms with van der Waals surface area (Å²) in [5.41, 5.74) is 12.9. The number of anilines is 1. The van der Waals surface area contributed by atoms with Crippen LogP contribution in [0.5, 0.6) is 5.75 Å². The fourth-order valence-corrected chi connectivity index (χ4v) is 11.8. The Morgan fingerprint density at radius 1 is 0.750 bits per heavy atom. The lowest BCUT2D eigenvalue weighted by molar-refractivity contribution is 0.108. The molecule has 4 aromatic carbocycles. The summed E-state index contributed by atoms with van der Waals surface area (Å²) in [6, 6.07) is 35.6. The van der Waals surface area contributed by atoms with Crippen molar-refractivity contribution in [1.29, 1.82) is 0 Å². The summed E-state index contributed by atoms with van der Waals surface area (Å²) in [7, 11) is 0. The number of piperazine rings is 1. The summed E-state index contributed by atoms with van der Waals surface area (Å²) in [6.07, 6.45) is 4.58. The number of rotatable bonds is 8. The predicted molar refractivity (Wildman–Crippen MR) is 244 cm³/mol. The molecule has 0 spiro atoms. The van der Waals surface area contributed by atoms with E-state index in [0.717, 1.165) is 81.9 Å². The molecular formula is C51H57N7OS. The number of aromatic hydroxyl groups is 1. The van der Waals surface area contributed by atoms with E-state index < -0.39 is 0 Å². The normalized spacial score (nSPS) is 21.2. The molecule has 6 aromatic rings. The van der Waals surface area contributed by atoms with Crippen LogP contribution >= 0.6 is 11.3 Å². The number of aromatic nitrogens is 3. The number of nitrogens with zero attached hydrogens (tertiary/aromatic N) is 7. The molecule has 5 heterocycles. The van der Waals surface area contributed by atoms with Gasteiger partial charge in [-0.15, -0.1) is 21.5 Å². The molecule has 3 atom stereocenters. The van der Waals surface area contributed by atoms with Crippen LogP contribution in [0.1, 0.15) is 105 Å². The van der Waals surface area contributed by atoms with E-state index in [2.05, 4.69) is 135 Å². The largest absolute Gasteiger partial charge is 0.508 e. The average molecular weight is 816 g/mol. The third-order valence-corrected chi connectivity index (χ3v) is 15.2. The highest BCUT2D eigenvalue weighted by Crippen LogP contribution is 2.47. The van der Waals surface area contributed by atoms with Gasteiger partial charge in [0.15, 0.2) is 5.82 Å². The summed E-state index contributed by atoms with van der Waals surface area (Å²) >= 11 is 1.82. The summed E-state index contributed by atoms with van der Waals surface area (Å²) < 4.78 is 2.21. The van der Waals surface area contributed by atoms with Crippen molar-refractivity contribution in [3.8, 4) is 10.8 Å². The first kappa shape index (κ1) is 39.1. The fourth-order valence-electron chi connectivity index (χ4n) is 10.5. The van der Waals surface area contributed by atoms with Crippen LogP contribution in [0.3, 0.4) is 0 Å². The molecule has 10 rings (SSSR count). The molecule has 0 amide bonds. The van der Waals surface area contributed by atoms with Crippen molar-refractivity contribution in [2.45, 2.75) is 77.8 Å². The summed E-state index contributed by atoms with van der Waals surface area (Å²) in [5, 5.41) is 20.4. The number of aryl methyl sites for hydroxylation is 3. The first-order chi connectivity index (χ1) is 29.3. The van der Waals surface area contributed by atoms with Crippen molar-refractivity contribution in [3.63, 3.8) is 0 Å². The molecule has 0 bridgehead atoms. The molecule has 60 heavy (non-hydrogen) atoms. The Labute approximate surface area is 359 Å². The van der Waals surface area contributed by atoms with Crippen molar-refractivity contribution in [2.75, 3.05) is 50.7 Å². The number of fused-ring (bicyclic) bond motifs is 4. The van der Waals surface area contributed by atoms with E-state index >= 15 is 0 Å². The number of phenols is 1. The predicted octanol–water partition coefficient (Wildman–Crippen LogP) is 9.77. The highest BCUT2D eigenvalue weighted by molar-refractivity contribution is 7.15. The van der Waals surface area contributed by atoms with Crippen LogP contribution < -0.4 is 4.90 Å². The highest BCUT2D eigenvalue weighted by atomic mass is 32.1. The SMILES string of the molecule is Cc1sc2c(c1C)C(c1ccc(CN3CCN(CC4CCN(c5ccc([C@@H]6c7ccc(O)cc7CC[C@@H]6c6ccccc6)cc5)CC4)CC3)cc1)=N[C@@H](C)c1nnc(C)n1-2. The van der Waals surface area contributed by atoms with Crippen LogP contribution in [0.15, 0.2) is 102 Å². The molecule has 4 aliphatic rings. The van der Waals surface area contributed by atoms with E-state index in [1.54, 1.807) is 0 Å². The van der Waals surface area contributed by atoms with Gasteiger partial charge in [0.1, 0.15) is 22.6 Å². The molecule has 1 N–H and O–H groups in total. The van der Waals surface area contributed by atoms with Gasteiger partial charge < -0.3 is 14.9 Å². The van der Waals surface area contributed by atoms with Gasteiger partial charge in [0.2, 0.25) is 0 Å². The number of hydrogen-bond donors (Lipinski definition) is 1. The highest BCUT2D eigenvalue weighted by Gasteiger charge is 2.33. The molecule has 0 saturated carbocycles. The van der Waals surface area contributed by atoms with Crippen LogP contribution in [0.4, 0.5) is 5.69 Å². The van der Waals surface area contributed by atoms with Crippen LogP contribution in [-0.2, 0) is 13.0 Å². The lowest BCUT2D eigenvalue weighted by Crippen LogP contribution is -2.48. The minimum atomic E-state index is -0.0697. The van der Waals surface area contributed by atoms with Gasteiger partial charge in [0, 0.05) is 80.0 Å². The smallest absolute Gasteiger partial charge is 0.162 e. The third kappa shape index (κ3) is 7.50. The first-order valence-electron chi connectivity index (χ1n) is 22.1. The van der Waals surface area contributed by atoms with Crippen molar-refractivity contribution < 1.29 is 5.11 Å². The van der Waals surface area contributed by atoms with Gasteiger partial charge in [0.05, 0.1) is 5.71 Å². The Balaban J connectivity index is 0.724. The van der Waals surface area contributed by atoms with E-state index in [-0.39, 0.29) is 12.0 Å². The zero-order chi connectivity index (χ0) is 40.9. The van der Waals surface area contributed by atoms with E-state index in [1.807, 2.05) is 30.4 Å². The molecule has 2 aromatic heterocycles. The quantitative estimate of drug-likeness (QED) is 0.165. The van der Waals surface area contributed by atoms with E-state index in [9.17, 15) is 5.11 Å². The standard InChI is InChI=1S/C51H57N7OS/c1-33-35(3)60-51-47(33)49(52-34(2)50-54-53-36(4)58(50)51)41-12-10-37(11-13-41)31-55-26-28-56(29-27-55)32-38-22-24-57(25-23-38)43-17-14-40(15-18-43)48-45(39-8-6-5-7-9-39)20-16-42-30-44(59)19-21-46(42)48/h5-15,17-19,21,30,34,38,45,48,59H,16,20,22-29,31-32H2,1-4H3/t34-,45+,48-/m0/s1. The van der Waals surface area contributed by atoms with Crippen molar-refractivity contribution in [3.05, 3.63) is 158 Å². The summed E-state index contributed by atoms with van der Waals surface area (Å²) in [5.74, 6) is 3.66. The number of thiophene rings is 1. The maximum absolute atomic E-state index is 10.3. The van der Waals surface area contributed by atoms with Gasteiger partial charge in [-0.3, -0.25) is 14.5 Å². The molecule has 8 nitrogen and oxygen atoms in total. The monoisotopic (exact) mass is 815 g/mol. The Kier molecular flexibility index (Phi) is 10.7. The zero-order valence-corrected chi connectivity index (χ0v) is 36.3. The second kappa shape index (κ2) is 16.4. The summed E-state index contributed by atoms with van der Waals surface area (Å²) in [6.45, 7) is 17.5. The Morgan fingerprint density at radius 2 is 1.48 bits per heavy atom. The number of hydrogen-bond acceptors (Lipinski definition) is 8. The van der Waals surface area contributed by atoms with Crippen LogP contribution in [-0.4, -0.2) is 81.2 Å². The van der Waals surface area contributed by atoms with Gasteiger partial charge in [-0.05, 0) is 123 Å². The maximum atomic E-state index is 10.3. The van der Waals surface area contributed by atoms with Crippen molar-refractivity contribution in [1.82, 2.24) is 24.6 Å². The molecule has 2 saturated heterocycles. The lowest BCUT2D eigenvalue weighted by Gasteiger charge is -2.39. The number of piperidine rings is 1. The molecule has 308 valence electrons. The van der Waals surface area contributed by atoms with Crippen LogP contribution in [0.2, 0.25) is 0 Å². The second-order valence-electron chi connectivity index (χ2n) is 17.8. The Morgan fingerprint density at radius 3 is 2.23 bits per heavy atom. The first-order valence-corrected chi connectivity index (χ1v) is 22.9. The van der Waals surface area contributed by atoms with Crippen molar-refractivity contribution in [2.24, 2.45) is 10.9 Å². The molecule has 1 aliphatic carbocycles. The molecule has 2 fully saturated rings. The Bertz CT molecular complexity index is 2490. The molecule has 9 heteroatoms. The number of aliphatic imine (C=N–C) groups is 1. The minimum absolute atomic E-state index is 0.0697. The maximum Gasteiger partial charge on any atom is 0.162 e. The van der Waals surface area contributed by atoms with Gasteiger partial charge in [-0.1, -0.05) is 72.8 Å². The average Bonchev–Trinajstić information content (AvgIpc) is 3.77. The third-order valence-electron chi connectivity index (χ3n) is 14.0. The second-order valence-corrected chi connectivity index (χ2v) is 19.0. The van der Waals surface area contributed by atoms with Crippen LogP contribution in [0.25, 0.3) is 5.00 Å². The Hall–Kier alpha value is -5.09. The van der Waals surface area contributed by atoms with Crippen LogP contribution in [0, 0.1) is 26.7 Å². The summed E-state index contributed by atoms with van der Waals surface area (Å²) in [4.78, 5) is 14.5. The number of phenolic OH excluding ortho intramolecular Hbond substituents is 1. The fraction of sp³-hybridized carbons (Fsp3) is 0.392. The van der Waals surface area contributed by atoms with Gasteiger partial charge in [-0.2, -0.15) is 0 Å². The van der Waals surface area contributed by atoms with Gasteiger partial charge >= 0.3 is 0 Å². The van der Waals surface area contributed by atoms with E-state index in [0.29, 0.717) is 11.7 Å². The minimum Gasteiger partial charge on any atom is -0.508 e.